The molecule has 0 unspecified atom stereocenters. The van der Waals surface area contributed by atoms with Crippen LogP contribution in [-0.4, -0.2) is 12.6 Å². The summed E-state index contributed by atoms with van der Waals surface area (Å²) in [5, 5.41) is 10.4. The predicted molar refractivity (Wildman–Crippen MR) is 293 cm³/mol. The van der Waals surface area contributed by atoms with Crippen LogP contribution in [0.4, 0.5) is 0 Å². The van der Waals surface area contributed by atoms with Crippen molar-refractivity contribution < 1.29 is 0 Å². The molecule has 0 aliphatic heterocycles. The Morgan fingerprint density at radius 1 is 0.309 bits per heavy atom. The van der Waals surface area contributed by atoms with Crippen molar-refractivity contribution in [2.45, 2.75) is 0 Å². The van der Waals surface area contributed by atoms with Crippen molar-refractivity contribution in [3.8, 4) is 27.9 Å². The Balaban J connectivity index is 0.932. The molecule has 0 bridgehead atoms. The molecule has 0 saturated carbocycles. The summed E-state index contributed by atoms with van der Waals surface area (Å²) in [5.41, 5.74) is 13.2. The van der Waals surface area contributed by atoms with Crippen LogP contribution in [-0.2, 0) is 0 Å². The van der Waals surface area contributed by atoms with Crippen LogP contribution in [0.15, 0.2) is 279 Å². The van der Waals surface area contributed by atoms with E-state index in [1.165, 1.54) is 104 Å². The third-order valence-electron chi connectivity index (χ3n) is 13.8. The lowest BCUT2D eigenvalue weighted by Gasteiger charge is -2.34. The third kappa shape index (κ3) is 7.20. The molecule has 11 aromatic carbocycles. The largest absolute Gasteiger partial charge is 0.309 e. The van der Waals surface area contributed by atoms with Gasteiger partial charge in [-0.25, -0.2) is 0 Å². The van der Waals surface area contributed by atoms with E-state index in [0.717, 1.165) is 0 Å². The van der Waals surface area contributed by atoms with Crippen molar-refractivity contribution in [1.82, 2.24) is 4.57 Å². The fraction of sp³-hybridized carbons (Fsp3) is 0. The van der Waals surface area contributed by atoms with E-state index in [-0.39, 0.29) is 0 Å². The number of fused-ring (bicyclic) bond motifs is 4. The Morgan fingerprint density at radius 2 is 0.750 bits per heavy atom. The molecule has 0 fully saturated rings. The van der Waals surface area contributed by atoms with Gasteiger partial charge in [0.1, 0.15) is 0 Å². The summed E-state index contributed by atoms with van der Waals surface area (Å²) in [6.07, 6.45) is 2.30. The highest BCUT2D eigenvalue weighted by Crippen LogP contribution is 2.39. The summed E-state index contributed by atoms with van der Waals surface area (Å²) in [6.45, 7) is 0. The number of rotatable bonds is 10. The molecule has 2 heteroatoms. The van der Waals surface area contributed by atoms with Gasteiger partial charge in [0.2, 0.25) is 0 Å². The average molecular weight is 882 g/mol. The second kappa shape index (κ2) is 17.7. The monoisotopic (exact) mass is 881 g/mol. The minimum atomic E-state index is -2.64. The number of para-hydroxylation sites is 1. The van der Waals surface area contributed by atoms with E-state index in [9.17, 15) is 0 Å². The highest BCUT2D eigenvalue weighted by Gasteiger charge is 2.41. The van der Waals surface area contributed by atoms with E-state index in [2.05, 4.69) is 290 Å². The zero-order valence-electron chi connectivity index (χ0n) is 37.6. The third-order valence-corrected chi connectivity index (χ3v) is 18.6. The molecule has 12 aromatic rings. The maximum atomic E-state index is 2.46. The molecular weight excluding hydrogens is 835 g/mol. The number of nitrogens with zero attached hydrogens (tertiary/aromatic N) is 1. The predicted octanol–water partition coefficient (Wildman–Crippen LogP) is 14.2. The quantitative estimate of drug-likeness (QED) is 0.0733. The van der Waals surface area contributed by atoms with Gasteiger partial charge in [0.25, 0.3) is 0 Å². The van der Waals surface area contributed by atoms with Crippen molar-refractivity contribution in [1.29, 1.82) is 0 Å². The number of hydrogen-bond acceptors (Lipinski definition) is 0. The molecule has 0 aliphatic carbocycles. The summed E-state index contributed by atoms with van der Waals surface area (Å²) >= 11 is 0. The molecule has 1 heterocycles. The highest BCUT2D eigenvalue weighted by atomic mass is 28.3. The molecule has 12 rings (SSSR count). The SMILES string of the molecule is C(=C(c1ccccc1)c1ccccc1)c1ccc(-c2ccc3c(c2)c2ccccc2n3-c2ccc(-c3ccc([Si](c4ccccc4)(c4ccccc4)c4ccccc4)cc3)c3ccccc23)cc1. The van der Waals surface area contributed by atoms with E-state index in [4.69, 9.17) is 0 Å². The first kappa shape index (κ1) is 40.9. The van der Waals surface area contributed by atoms with E-state index in [1.54, 1.807) is 0 Å². The minimum absolute atomic E-state index is 1.17. The van der Waals surface area contributed by atoms with E-state index in [1.807, 2.05) is 0 Å². The van der Waals surface area contributed by atoms with Gasteiger partial charge >= 0.3 is 0 Å². The Morgan fingerprint density at radius 3 is 1.32 bits per heavy atom. The molecule has 0 spiro atoms. The molecule has 0 saturated heterocycles. The Kier molecular flexibility index (Phi) is 10.6. The normalized spacial score (nSPS) is 11.5. The van der Waals surface area contributed by atoms with Gasteiger partial charge < -0.3 is 4.57 Å². The Hall–Kier alpha value is -8.56. The smallest absolute Gasteiger partial charge is 0.179 e. The molecule has 1 nitrogen and oxygen atoms in total. The molecule has 68 heavy (non-hydrogen) atoms. The van der Waals surface area contributed by atoms with Gasteiger partial charge in [-0.1, -0.05) is 255 Å². The van der Waals surface area contributed by atoms with Gasteiger partial charge in [0, 0.05) is 16.2 Å². The zero-order chi connectivity index (χ0) is 45.3. The second-order valence-electron chi connectivity index (χ2n) is 17.6. The summed E-state index contributed by atoms with van der Waals surface area (Å²) < 4.78 is 2.46. The van der Waals surface area contributed by atoms with Crippen LogP contribution < -0.4 is 20.7 Å². The van der Waals surface area contributed by atoms with Crippen molar-refractivity contribution in [3.05, 3.63) is 296 Å². The fourth-order valence-corrected chi connectivity index (χ4v) is 15.4. The van der Waals surface area contributed by atoms with Crippen LogP contribution in [0.1, 0.15) is 16.7 Å². The van der Waals surface area contributed by atoms with Crippen molar-refractivity contribution in [2.24, 2.45) is 0 Å². The number of hydrogen-bond donors (Lipinski definition) is 0. The Labute approximate surface area is 399 Å². The highest BCUT2D eigenvalue weighted by molar-refractivity contribution is 7.19. The average Bonchev–Trinajstić information content (AvgIpc) is 3.75. The van der Waals surface area contributed by atoms with Gasteiger partial charge in [-0.2, -0.15) is 0 Å². The van der Waals surface area contributed by atoms with Gasteiger partial charge in [0.05, 0.1) is 16.7 Å². The molecule has 1 aromatic heterocycles. The van der Waals surface area contributed by atoms with E-state index < -0.39 is 8.07 Å². The first-order valence-corrected chi connectivity index (χ1v) is 25.5. The summed E-state index contributed by atoms with van der Waals surface area (Å²) in [7, 11) is -2.64. The summed E-state index contributed by atoms with van der Waals surface area (Å²) in [6, 6.07) is 103. The fourth-order valence-electron chi connectivity index (χ4n) is 10.6. The van der Waals surface area contributed by atoms with Crippen LogP contribution >= 0.6 is 0 Å². The van der Waals surface area contributed by atoms with Crippen molar-refractivity contribution >= 4 is 73.0 Å². The second-order valence-corrected chi connectivity index (χ2v) is 21.4. The van der Waals surface area contributed by atoms with Crippen LogP contribution in [0, 0.1) is 0 Å². The lowest BCUT2D eigenvalue weighted by Crippen LogP contribution is -2.74. The molecule has 320 valence electrons. The number of aromatic nitrogens is 1. The maximum Gasteiger partial charge on any atom is 0.179 e. The summed E-state index contributed by atoms with van der Waals surface area (Å²) in [4.78, 5) is 0. The lowest BCUT2D eigenvalue weighted by molar-refractivity contribution is 1.20. The lowest BCUT2D eigenvalue weighted by atomic mass is 9.95. The molecule has 0 atom stereocenters. The van der Waals surface area contributed by atoms with Crippen molar-refractivity contribution in [2.75, 3.05) is 0 Å². The molecule has 0 N–H and O–H groups in total. The first-order chi connectivity index (χ1) is 33.7. The van der Waals surface area contributed by atoms with Crippen LogP contribution in [0.2, 0.25) is 0 Å². The van der Waals surface area contributed by atoms with Crippen molar-refractivity contribution in [3.63, 3.8) is 0 Å². The van der Waals surface area contributed by atoms with Gasteiger partial charge in [-0.3, -0.25) is 0 Å². The zero-order valence-corrected chi connectivity index (χ0v) is 38.6. The maximum absolute atomic E-state index is 2.64. The van der Waals surface area contributed by atoms with Crippen LogP contribution in [0.5, 0.6) is 0 Å². The molecular formula is C66H47NSi. The molecule has 0 amide bonds. The first-order valence-electron chi connectivity index (χ1n) is 23.5. The van der Waals surface area contributed by atoms with Crippen LogP contribution in [0.25, 0.3) is 72.2 Å². The van der Waals surface area contributed by atoms with E-state index >= 15 is 0 Å². The minimum Gasteiger partial charge on any atom is -0.309 e. The van der Waals surface area contributed by atoms with Gasteiger partial charge in [-0.05, 0) is 101 Å². The van der Waals surface area contributed by atoms with Gasteiger partial charge in [0.15, 0.2) is 8.07 Å². The number of benzene rings is 11. The summed E-state index contributed by atoms with van der Waals surface area (Å²) in [5.74, 6) is 0. The van der Waals surface area contributed by atoms with Crippen LogP contribution in [0.3, 0.4) is 0 Å². The standard InChI is InChI=1S/C66H47NSi/c1-6-20-50(21-7-1)62(51-22-8-2-9-23-51)46-48-34-36-49(37-35-48)53-40-44-66-63(47-53)61-32-18-19-33-64(61)67(66)65-45-43-58(59-30-16-17-31-60(59)65)52-38-41-57(42-39-52)68(54-24-10-3-11-25-54,55-26-12-4-13-27-55)56-28-14-5-15-29-56/h1-47H. The van der Waals surface area contributed by atoms with Gasteiger partial charge in [-0.15, -0.1) is 0 Å². The molecule has 0 aliphatic rings. The topological polar surface area (TPSA) is 4.93 Å². The van der Waals surface area contributed by atoms with E-state index in [0.29, 0.717) is 0 Å². The molecule has 0 radical (unpaired) electrons. The Bertz CT molecular complexity index is 3590.